The van der Waals surface area contributed by atoms with Gasteiger partial charge in [0.1, 0.15) is 5.75 Å². The van der Waals surface area contributed by atoms with E-state index in [9.17, 15) is 0 Å². The molecule has 5 nitrogen and oxygen atoms in total. The van der Waals surface area contributed by atoms with Crippen LogP contribution in [0.2, 0.25) is 5.02 Å². The summed E-state index contributed by atoms with van der Waals surface area (Å²) in [6, 6.07) is 7.81. The third-order valence-corrected chi connectivity index (χ3v) is 2.62. The monoisotopic (exact) mass is 272 g/mol. The van der Waals surface area contributed by atoms with Crippen LogP contribution in [0.3, 0.4) is 0 Å². The Morgan fingerprint density at radius 3 is 2.74 bits per heavy atom. The molecule has 0 bridgehead atoms. The first-order valence-corrected chi connectivity index (χ1v) is 5.93. The highest BCUT2D eigenvalue weighted by Gasteiger charge is 2.02. The third-order valence-electron chi connectivity index (χ3n) is 2.43. The predicted molar refractivity (Wildman–Crippen MR) is 70.7 cm³/mol. The third kappa shape index (κ3) is 2.71. The van der Waals surface area contributed by atoms with Crippen molar-refractivity contribution >= 4 is 11.6 Å². The molecule has 19 heavy (non-hydrogen) atoms. The minimum atomic E-state index is 0.257. The van der Waals surface area contributed by atoms with Gasteiger partial charge in [0.15, 0.2) is 0 Å². The van der Waals surface area contributed by atoms with E-state index in [1.807, 2.05) is 35.0 Å². The summed E-state index contributed by atoms with van der Waals surface area (Å²) in [6.07, 6.45) is 8.28. The summed E-state index contributed by atoms with van der Waals surface area (Å²) in [4.78, 5) is 12.0. The summed E-state index contributed by atoms with van der Waals surface area (Å²) in [6.45, 7) is 0. The van der Waals surface area contributed by atoms with E-state index in [0.29, 0.717) is 10.8 Å². The van der Waals surface area contributed by atoms with Crippen LogP contribution in [-0.2, 0) is 0 Å². The predicted octanol–water partition coefficient (Wildman–Crippen LogP) is 3.11. The lowest BCUT2D eigenvalue weighted by Gasteiger charge is -2.06. The van der Waals surface area contributed by atoms with Crippen LogP contribution in [0.25, 0.3) is 5.69 Å². The summed E-state index contributed by atoms with van der Waals surface area (Å²) >= 11 is 5.72. The maximum Gasteiger partial charge on any atom is 0.321 e. The summed E-state index contributed by atoms with van der Waals surface area (Å²) in [5.41, 5.74) is 0.948. The minimum Gasteiger partial charge on any atom is -0.424 e. The number of rotatable bonds is 3. The molecule has 0 unspecified atom stereocenters. The van der Waals surface area contributed by atoms with Crippen molar-refractivity contribution in [2.45, 2.75) is 0 Å². The molecule has 2 aromatic heterocycles. The number of ether oxygens (including phenoxy) is 1. The van der Waals surface area contributed by atoms with E-state index < -0.39 is 0 Å². The molecule has 0 amide bonds. The average Bonchev–Trinajstić information content (AvgIpc) is 2.96. The topological polar surface area (TPSA) is 52.8 Å². The molecular formula is C13H9ClN4O. The molecule has 0 saturated carbocycles. The maximum atomic E-state index is 5.72. The summed E-state index contributed by atoms with van der Waals surface area (Å²) in [5, 5.41) is 0.472. The number of hydrogen-bond donors (Lipinski definition) is 0. The van der Waals surface area contributed by atoms with Gasteiger partial charge in [-0.05, 0) is 12.1 Å². The van der Waals surface area contributed by atoms with Crippen LogP contribution < -0.4 is 4.74 Å². The van der Waals surface area contributed by atoms with Crippen LogP contribution in [0.4, 0.5) is 0 Å². The van der Waals surface area contributed by atoms with E-state index in [2.05, 4.69) is 15.0 Å². The zero-order valence-electron chi connectivity index (χ0n) is 9.77. The van der Waals surface area contributed by atoms with Gasteiger partial charge in [0.25, 0.3) is 0 Å². The fourth-order valence-corrected chi connectivity index (χ4v) is 1.68. The zero-order valence-corrected chi connectivity index (χ0v) is 10.5. The highest BCUT2D eigenvalue weighted by molar-refractivity contribution is 6.30. The van der Waals surface area contributed by atoms with Gasteiger partial charge in [-0.2, -0.15) is 0 Å². The van der Waals surface area contributed by atoms with Crippen molar-refractivity contribution in [3.8, 4) is 17.4 Å². The molecule has 2 heterocycles. The largest absolute Gasteiger partial charge is 0.424 e. The van der Waals surface area contributed by atoms with Gasteiger partial charge < -0.3 is 9.30 Å². The van der Waals surface area contributed by atoms with Gasteiger partial charge in [0.2, 0.25) is 0 Å². The van der Waals surface area contributed by atoms with Crippen LogP contribution in [-0.4, -0.2) is 19.5 Å². The van der Waals surface area contributed by atoms with Crippen molar-refractivity contribution in [3.63, 3.8) is 0 Å². The van der Waals surface area contributed by atoms with Crippen LogP contribution in [0.5, 0.6) is 11.8 Å². The molecule has 0 fully saturated rings. The van der Waals surface area contributed by atoms with Crippen molar-refractivity contribution in [1.29, 1.82) is 0 Å². The Labute approximate surface area is 114 Å². The second-order valence-corrected chi connectivity index (χ2v) is 4.19. The van der Waals surface area contributed by atoms with Crippen LogP contribution in [0.15, 0.2) is 55.4 Å². The SMILES string of the molecule is Clc1cnc(Oc2cccc(-n3ccnc3)c2)nc1. The van der Waals surface area contributed by atoms with Gasteiger partial charge in [-0.15, -0.1) is 0 Å². The molecule has 0 aliphatic carbocycles. The molecule has 0 atom stereocenters. The number of aromatic nitrogens is 4. The lowest BCUT2D eigenvalue weighted by Crippen LogP contribution is -1.93. The van der Waals surface area contributed by atoms with E-state index >= 15 is 0 Å². The molecule has 0 radical (unpaired) electrons. The summed E-state index contributed by atoms with van der Waals surface area (Å²) < 4.78 is 7.44. The molecule has 6 heteroatoms. The van der Waals surface area contributed by atoms with E-state index in [4.69, 9.17) is 16.3 Å². The molecule has 0 aliphatic heterocycles. The van der Waals surface area contributed by atoms with Crippen LogP contribution in [0, 0.1) is 0 Å². The quantitative estimate of drug-likeness (QED) is 0.735. The van der Waals surface area contributed by atoms with Gasteiger partial charge >= 0.3 is 6.01 Å². The molecule has 3 rings (SSSR count). The van der Waals surface area contributed by atoms with Gasteiger partial charge in [-0.1, -0.05) is 17.7 Å². The first-order chi connectivity index (χ1) is 9.31. The molecule has 3 aromatic rings. The molecule has 0 aliphatic rings. The Bertz CT molecular complexity index is 667. The standard InChI is InChI=1S/C13H9ClN4O/c14-10-7-16-13(17-8-10)19-12-3-1-2-11(6-12)18-5-4-15-9-18/h1-9H. The normalized spacial score (nSPS) is 10.4. The Morgan fingerprint density at radius 2 is 2.00 bits per heavy atom. The lowest BCUT2D eigenvalue weighted by atomic mass is 10.3. The van der Waals surface area contributed by atoms with E-state index in [-0.39, 0.29) is 6.01 Å². The smallest absolute Gasteiger partial charge is 0.321 e. The van der Waals surface area contributed by atoms with Gasteiger partial charge in [0.05, 0.1) is 29.4 Å². The summed E-state index contributed by atoms with van der Waals surface area (Å²) in [5.74, 6) is 0.647. The number of hydrogen-bond acceptors (Lipinski definition) is 4. The fraction of sp³-hybridized carbons (Fsp3) is 0. The minimum absolute atomic E-state index is 0.257. The molecule has 0 saturated heterocycles. The second kappa shape index (κ2) is 5.07. The van der Waals surface area contributed by atoms with Gasteiger partial charge in [-0.3, -0.25) is 0 Å². The number of imidazole rings is 1. The van der Waals surface area contributed by atoms with Crippen molar-refractivity contribution in [2.75, 3.05) is 0 Å². The lowest BCUT2D eigenvalue weighted by molar-refractivity contribution is 0.441. The number of nitrogens with zero attached hydrogens (tertiary/aromatic N) is 4. The van der Waals surface area contributed by atoms with E-state index in [1.165, 1.54) is 12.4 Å². The Morgan fingerprint density at radius 1 is 1.16 bits per heavy atom. The van der Waals surface area contributed by atoms with Gasteiger partial charge in [-0.25, -0.2) is 15.0 Å². The first-order valence-electron chi connectivity index (χ1n) is 5.55. The van der Waals surface area contributed by atoms with Crippen molar-refractivity contribution in [1.82, 2.24) is 19.5 Å². The fourth-order valence-electron chi connectivity index (χ4n) is 1.58. The highest BCUT2D eigenvalue weighted by Crippen LogP contribution is 2.21. The maximum absolute atomic E-state index is 5.72. The number of halogens is 1. The molecule has 0 N–H and O–H groups in total. The van der Waals surface area contributed by atoms with Gasteiger partial charge in [0, 0.05) is 18.5 Å². The van der Waals surface area contributed by atoms with Crippen molar-refractivity contribution < 1.29 is 4.74 Å². The van der Waals surface area contributed by atoms with Crippen LogP contribution in [0.1, 0.15) is 0 Å². The Hall–Kier alpha value is -2.40. The summed E-state index contributed by atoms with van der Waals surface area (Å²) in [7, 11) is 0. The number of benzene rings is 1. The van der Waals surface area contributed by atoms with Crippen molar-refractivity contribution in [3.05, 3.63) is 60.4 Å². The zero-order chi connectivity index (χ0) is 13.1. The second-order valence-electron chi connectivity index (χ2n) is 3.75. The van der Waals surface area contributed by atoms with E-state index in [1.54, 1.807) is 12.5 Å². The molecule has 0 spiro atoms. The average molecular weight is 273 g/mol. The first kappa shape index (κ1) is 11.7. The molecule has 1 aromatic carbocycles. The van der Waals surface area contributed by atoms with Crippen molar-refractivity contribution in [2.24, 2.45) is 0 Å². The molecular weight excluding hydrogens is 264 g/mol. The molecule has 94 valence electrons. The Balaban J connectivity index is 1.85. The Kier molecular flexibility index (Phi) is 3.12. The highest BCUT2D eigenvalue weighted by atomic mass is 35.5. The van der Waals surface area contributed by atoms with Crippen LogP contribution >= 0.6 is 11.6 Å². The van der Waals surface area contributed by atoms with E-state index in [0.717, 1.165) is 5.69 Å².